The van der Waals surface area contributed by atoms with Gasteiger partial charge in [-0.2, -0.15) is 0 Å². The molecule has 1 fully saturated rings. The van der Waals surface area contributed by atoms with Crippen LogP contribution in [-0.2, 0) is 44.7 Å². The third kappa shape index (κ3) is 22.8. The van der Waals surface area contributed by atoms with E-state index in [1.165, 1.54) is 12.4 Å². The lowest BCUT2D eigenvalue weighted by atomic mass is 10.0. The number of aliphatic imine (C=N–C) groups is 11. The number of nitrogens with one attached hydrogen (secondary N) is 2. The Kier molecular flexibility index (Phi) is 28.8. The molecule has 2 aliphatic heterocycles. The summed E-state index contributed by atoms with van der Waals surface area (Å²) >= 11 is 0. The second kappa shape index (κ2) is 37.7. The van der Waals surface area contributed by atoms with Crippen molar-refractivity contribution in [2.45, 2.75) is 144 Å². The number of phenols is 1. The number of hydrogen-bond donors (Lipinski definition) is 21. The van der Waals surface area contributed by atoms with E-state index >= 15 is 4.79 Å². The van der Waals surface area contributed by atoms with E-state index in [2.05, 4.69) is 69.7 Å². The minimum Gasteiger partial charge on any atom is -0.508 e. The van der Waals surface area contributed by atoms with Crippen LogP contribution >= 0.6 is 0 Å². The van der Waals surface area contributed by atoms with Crippen LogP contribution in [0.3, 0.4) is 0 Å². The maximum absolute atomic E-state index is 15.0. The minimum atomic E-state index is -2.32. The van der Waals surface area contributed by atoms with Gasteiger partial charge in [-0.25, -0.2) is 65.6 Å². The number of rotatable bonds is 23. The van der Waals surface area contributed by atoms with Crippen molar-refractivity contribution in [1.82, 2.24) is 9.97 Å². The SMILES string of the molecule is CCCC1OC1C(O)=N[C@@H](CO)C(O)=N[C@@H]1C(O)=N[C@H](Cc2c[nH]c3ccccc23)C(O)=N[C@@H](CC(=O)O)C(O)=N[C@@H](CC(=O)O)C(O)=N[C@H](c2ccc(O)cc2)C(O)=N[C@@H](CC(=O)O)C(O)=NCC(O)=N[C@H]([C@H](O)CON)C(O)=N[C@@H](CCC(=O)O)C(O)=N/C(=C\c2c[nH]c3ccccc23)C(=O)O[C@@H]1C. The number of H-pyrrole nitrogens is 2. The fraction of sp³-hybridized carbons (Fsp3) is 0.394. The molecule has 22 N–H and O–H groups in total. The first-order valence-corrected chi connectivity index (χ1v) is 32.2. The van der Waals surface area contributed by atoms with Crippen molar-refractivity contribution in [3.63, 3.8) is 0 Å². The van der Waals surface area contributed by atoms with Gasteiger partial charge in [0.2, 0.25) is 64.9 Å². The van der Waals surface area contributed by atoms with Crippen molar-refractivity contribution in [3.05, 3.63) is 108 Å². The summed E-state index contributed by atoms with van der Waals surface area (Å²) in [5, 5.41) is 202. The van der Waals surface area contributed by atoms with Gasteiger partial charge >= 0.3 is 29.8 Å². The number of esters is 1. The zero-order valence-electron chi connectivity index (χ0n) is 56.3. The van der Waals surface area contributed by atoms with Crippen LogP contribution in [0.5, 0.6) is 5.75 Å². The number of carbonyl (C=O) groups excluding carboxylic acids is 1. The number of aliphatic hydroxyl groups excluding tert-OH is 13. The molecule has 0 spiro atoms. The number of phenolic OH excluding ortho intramolecular Hbond substituents is 1. The van der Waals surface area contributed by atoms with Crippen LogP contribution in [0.1, 0.15) is 81.5 Å². The van der Waals surface area contributed by atoms with E-state index in [9.17, 15) is 111 Å². The van der Waals surface area contributed by atoms with Crippen LogP contribution < -0.4 is 5.90 Å². The van der Waals surface area contributed by atoms with Gasteiger partial charge in [0, 0.05) is 52.6 Å². The molecular weight excluding hydrogens is 1400 g/mol. The Labute approximate surface area is 598 Å². The van der Waals surface area contributed by atoms with Gasteiger partial charge in [0.15, 0.2) is 36.0 Å². The maximum atomic E-state index is 15.0. The van der Waals surface area contributed by atoms with Gasteiger partial charge in [-0.15, -0.1) is 0 Å². The number of aliphatic hydroxyl groups is 13. The van der Waals surface area contributed by atoms with Crippen molar-refractivity contribution in [1.29, 1.82) is 0 Å². The molecule has 0 aliphatic carbocycles. The number of carboxylic acid groups (broad SMARTS) is 4. The summed E-state index contributed by atoms with van der Waals surface area (Å²) in [6, 6.07) is -2.21. The second-order valence-electron chi connectivity index (χ2n) is 23.8. The zero-order valence-corrected chi connectivity index (χ0v) is 56.3. The first-order chi connectivity index (χ1) is 50.4. The van der Waals surface area contributed by atoms with Crippen LogP contribution in [0, 0.1) is 0 Å². The van der Waals surface area contributed by atoms with Crippen LogP contribution in [0.2, 0.25) is 0 Å². The predicted octanol–water partition coefficient (Wildman–Crippen LogP) is 4.20. The third-order valence-electron chi connectivity index (χ3n) is 15.8. The number of cyclic esters (lactones) is 1. The molecule has 568 valence electrons. The largest absolute Gasteiger partial charge is 0.508 e. The number of aliphatic carboxylic acids is 4. The second-order valence-corrected chi connectivity index (χ2v) is 23.8. The number of epoxide rings is 1. The summed E-state index contributed by atoms with van der Waals surface area (Å²) in [6.45, 7) is -0.380. The molecule has 40 heteroatoms. The predicted molar refractivity (Wildman–Crippen MR) is 381 cm³/mol. The topological polar surface area (TPSA) is 674 Å². The molecule has 2 unspecified atom stereocenters. The number of aromatic nitrogens is 2. The number of nitrogens with two attached hydrogens (primary N) is 1. The lowest BCUT2D eigenvalue weighted by molar-refractivity contribution is -0.144. The number of ether oxygens (including phenoxy) is 2. The highest BCUT2D eigenvalue weighted by atomic mass is 16.6. The first-order valence-electron chi connectivity index (χ1n) is 32.2. The van der Waals surface area contributed by atoms with Gasteiger partial charge in [-0.3, -0.25) is 19.2 Å². The van der Waals surface area contributed by atoms with Crippen LogP contribution in [0.15, 0.2) is 146 Å². The average Bonchev–Trinajstić information content (AvgIpc) is 1.51. The number of para-hydroxylation sites is 2. The number of aromatic amines is 2. The number of carboxylic acids is 4. The molecule has 4 heterocycles. The van der Waals surface area contributed by atoms with E-state index in [1.54, 1.807) is 48.5 Å². The van der Waals surface area contributed by atoms with Gasteiger partial charge in [-0.05, 0) is 61.2 Å². The van der Waals surface area contributed by atoms with E-state index in [1.807, 2.05) is 6.92 Å². The molecule has 3 aromatic carbocycles. The Morgan fingerprint density at radius 3 is 1.81 bits per heavy atom. The smallest absolute Gasteiger partial charge is 0.357 e. The van der Waals surface area contributed by atoms with Gasteiger partial charge in [0.25, 0.3) is 0 Å². The van der Waals surface area contributed by atoms with Gasteiger partial charge < -0.3 is 116 Å². The molecule has 2 aromatic heterocycles. The highest BCUT2D eigenvalue weighted by molar-refractivity contribution is 6.02. The Hall–Kier alpha value is -12.4. The normalized spacial score (nSPS) is 24.4. The summed E-state index contributed by atoms with van der Waals surface area (Å²) in [4.78, 5) is 119. The lowest BCUT2D eigenvalue weighted by Crippen LogP contribution is -2.39. The monoisotopic (exact) mass is 1480 g/mol. The molecule has 106 heavy (non-hydrogen) atoms. The van der Waals surface area contributed by atoms with Crippen molar-refractivity contribution < 1.29 is 130 Å². The van der Waals surface area contributed by atoms with Gasteiger partial charge in [0.05, 0.1) is 38.6 Å². The van der Waals surface area contributed by atoms with Crippen LogP contribution in [-0.4, -0.2) is 289 Å². The Morgan fingerprint density at radius 2 is 1.21 bits per heavy atom. The number of hydrogen-bond acceptors (Lipinski definition) is 23. The Bertz CT molecular complexity index is 4370. The maximum Gasteiger partial charge on any atom is 0.357 e. The molecule has 13 atom stereocenters. The van der Waals surface area contributed by atoms with E-state index in [-0.39, 0.29) is 16.7 Å². The molecule has 0 amide bonds. The molecule has 0 bridgehead atoms. The first kappa shape index (κ1) is 80.9. The number of aromatic hydroxyl groups is 1. The van der Waals surface area contributed by atoms with E-state index in [0.717, 1.165) is 37.3 Å². The molecule has 2 aliphatic rings. The van der Waals surface area contributed by atoms with Gasteiger partial charge in [0.1, 0.15) is 54.7 Å². The number of fused-ring (bicyclic) bond motifs is 2. The standard InChI is InChI=1S/C66H78N14O26/c1-3-8-46-55(106-46)65(102)77-44(27-81)61(98)79-52-29(2)105-66(103)43(20-32-25-69-37-12-7-5-10-35(32)37)76-57(94)38(17-18-48(85)86)71-64(101)54(45(83)28-104-67)78-47(84)26-70-56(93)40(21-49(87)88)75-63(100)53(30-13-15-33(82)16-14-30)80-60(97)42(23-51(91)92)73-59(96)41(22-50(89)90)72-58(95)39(74-62(52)99)19-31-24-68-36-11-6-4-9-34(31)36/h4-7,9-16,20,24-25,29,38-42,44-46,52-55,68-69,81-83H,3,8,17-19,21-23,26-28,67H2,1-2H3,(H,70,93)(H,71,101)(H,72,95)(H,73,96)(H,74,99)(H,75,100)(H,76,94)(H,77,102)(H,78,84)(H,79,98)(H,80,97)(H,85,86)(H,87,88)(H,89,90)(H,91,92)/b43-20-/t29-,38+,39-,40+,41+,42+,44+,45-,46?,52+,53-,54-,55?/m1/s1. The quantitative estimate of drug-likeness (QED) is 0.0109. The number of benzene rings is 3. The Balaban J connectivity index is 1.54. The van der Waals surface area contributed by atoms with Crippen molar-refractivity contribution in [2.75, 3.05) is 19.8 Å². The van der Waals surface area contributed by atoms with Crippen molar-refractivity contribution in [3.8, 4) is 5.75 Å². The third-order valence-corrected chi connectivity index (χ3v) is 15.8. The Morgan fingerprint density at radius 1 is 0.651 bits per heavy atom. The zero-order chi connectivity index (χ0) is 77.6. The molecule has 0 radical (unpaired) electrons. The lowest BCUT2D eigenvalue weighted by Gasteiger charge is -2.22. The number of nitrogens with zero attached hydrogens (tertiary/aromatic N) is 11. The summed E-state index contributed by atoms with van der Waals surface area (Å²) in [5.41, 5.74) is 0.226. The summed E-state index contributed by atoms with van der Waals surface area (Å²) < 4.78 is 11.4. The molecular formula is C66H78N14O26. The summed E-state index contributed by atoms with van der Waals surface area (Å²) in [7, 11) is 0. The number of carbonyl (C=O) groups is 5. The van der Waals surface area contributed by atoms with Crippen molar-refractivity contribution >= 4 is 123 Å². The molecule has 0 saturated carbocycles. The van der Waals surface area contributed by atoms with E-state index in [0.29, 0.717) is 34.6 Å². The fourth-order valence-electron chi connectivity index (χ4n) is 10.5. The molecule has 40 nitrogen and oxygen atoms in total. The van der Waals surface area contributed by atoms with Crippen molar-refractivity contribution in [2.24, 2.45) is 60.8 Å². The van der Waals surface area contributed by atoms with Crippen LogP contribution in [0.25, 0.3) is 27.9 Å². The highest BCUT2D eigenvalue weighted by Gasteiger charge is 2.43. The van der Waals surface area contributed by atoms with E-state index < -0.39 is 243 Å². The highest BCUT2D eigenvalue weighted by Crippen LogP contribution is 2.30. The molecule has 5 aromatic rings. The minimum absolute atomic E-state index is 0.142. The fourth-order valence-corrected chi connectivity index (χ4v) is 10.5. The summed E-state index contributed by atoms with van der Waals surface area (Å²) in [6.07, 6.45) is -6.85. The summed E-state index contributed by atoms with van der Waals surface area (Å²) in [5.74, 6) is -17.5. The van der Waals surface area contributed by atoms with Gasteiger partial charge in [-0.1, -0.05) is 61.9 Å². The molecule has 7 rings (SSSR count). The average molecular weight is 1480 g/mol. The van der Waals surface area contributed by atoms with E-state index in [4.69, 9.17) is 15.4 Å². The molecule has 1 saturated heterocycles. The van der Waals surface area contributed by atoms with Crippen LogP contribution in [0.4, 0.5) is 0 Å².